The van der Waals surface area contributed by atoms with Crippen molar-refractivity contribution < 1.29 is 0 Å². The molecule has 1 rings (SSSR count). The Hall–Kier alpha value is 0.430. The highest BCUT2D eigenvalue weighted by atomic mass is 127. The lowest BCUT2D eigenvalue weighted by molar-refractivity contribution is 1.15. The summed E-state index contributed by atoms with van der Waals surface area (Å²) >= 11 is 5.78. The van der Waals surface area contributed by atoms with Crippen molar-refractivity contribution in [3.8, 4) is 0 Å². The normalized spacial score (nSPS) is 9.80. The van der Waals surface area contributed by atoms with Crippen LogP contribution in [0, 0.1) is 3.57 Å². The predicted octanol–water partition coefficient (Wildman–Crippen LogP) is 3.23. The van der Waals surface area contributed by atoms with E-state index in [1.54, 1.807) is 0 Å². The Kier molecular flexibility index (Phi) is 3.70. The number of hydrogen-bond donors (Lipinski definition) is 0. The van der Waals surface area contributed by atoms with Gasteiger partial charge in [-0.3, -0.25) is 0 Å². The molecule has 0 aliphatic rings. The number of hydrogen-bond acceptors (Lipinski definition) is 0. The van der Waals surface area contributed by atoms with Crippen LogP contribution in [0.3, 0.4) is 0 Å². The Balaban J connectivity index is 2.81. The molecule has 0 aromatic heterocycles. The SMILES string of the molecule is BrCCc1ccccc1I. The third-order valence-electron chi connectivity index (χ3n) is 1.32. The molecule has 0 N–H and O–H groups in total. The van der Waals surface area contributed by atoms with Crippen molar-refractivity contribution in [1.29, 1.82) is 0 Å². The minimum atomic E-state index is 1.05. The largest absolute Gasteiger partial charge is 0.0924 e. The topological polar surface area (TPSA) is 0 Å². The van der Waals surface area contributed by atoms with Gasteiger partial charge in [0.05, 0.1) is 0 Å². The Bertz CT molecular complexity index is 210. The summed E-state index contributed by atoms with van der Waals surface area (Å²) in [4.78, 5) is 0. The minimum absolute atomic E-state index is 1.05. The molecule has 0 saturated carbocycles. The molecule has 1 aromatic rings. The van der Waals surface area contributed by atoms with E-state index in [-0.39, 0.29) is 0 Å². The van der Waals surface area contributed by atoms with E-state index < -0.39 is 0 Å². The van der Waals surface area contributed by atoms with E-state index in [9.17, 15) is 0 Å². The molecular weight excluding hydrogens is 303 g/mol. The molecule has 0 amide bonds. The lowest BCUT2D eigenvalue weighted by atomic mass is 10.2. The number of rotatable bonds is 2. The monoisotopic (exact) mass is 310 g/mol. The van der Waals surface area contributed by atoms with Gasteiger partial charge >= 0.3 is 0 Å². The first-order chi connectivity index (χ1) is 4.84. The maximum atomic E-state index is 3.42. The summed E-state index contributed by atoms with van der Waals surface area (Å²) < 4.78 is 1.36. The maximum Gasteiger partial charge on any atom is 0.0162 e. The van der Waals surface area contributed by atoms with Gasteiger partial charge in [0.1, 0.15) is 0 Å². The summed E-state index contributed by atoms with van der Waals surface area (Å²) in [6.45, 7) is 0. The van der Waals surface area contributed by atoms with Crippen molar-refractivity contribution in [2.45, 2.75) is 6.42 Å². The molecule has 0 fully saturated rings. The van der Waals surface area contributed by atoms with Crippen LogP contribution in [0.1, 0.15) is 5.56 Å². The van der Waals surface area contributed by atoms with Crippen molar-refractivity contribution in [3.63, 3.8) is 0 Å². The first-order valence-electron chi connectivity index (χ1n) is 3.14. The molecule has 2 heteroatoms. The van der Waals surface area contributed by atoms with Crippen molar-refractivity contribution in [2.75, 3.05) is 5.33 Å². The zero-order valence-electron chi connectivity index (χ0n) is 5.48. The molecule has 1 aromatic carbocycles. The molecule has 0 nitrogen and oxygen atoms in total. The lowest BCUT2D eigenvalue weighted by Gasteiger charge is -1.99. The van der Waals surface area contributed by atoms with E-state index in [1.165, 1.54) is 9.13 Å². The predicted molar refractivity (Wildman–Crippen MR) is 56.7 cm³/mol. The van der Waals surface area contributed by atoms with Gasteiger partial charge in [-0.1, -0.05) is 34.1 Å². The standard InChI is InChI=1S/C8H8BrI/c9-6-5-7-3-1-2-4-8(7)10/h1-4H,5-6H2. The van der Waals surface area contributed by atoms with Gasteiger partial charge < -0.3 is 0 Å². The number of halogens is 2. The highest BCUT2D eigenvalue weighted by molar-refractivity contribution is 14.1. The van der Waals surface area contributed by atoms with Gasteiger partial charge in [-0.05, 0) is 40.6 Å². The summed E-state index contributed by atoms with van der Waals surface area (Å²) in [5.74, 6) is 0. The highest BCUT2D eigenvalue weighted by Gasteiger charge is 1.94. The van der Waals surface area contributed by atoms with E-state index >= 15 is 0 Å². The second-order valence-electron chi connectivity index (χ2n) is 2.03. The van der Waals surface area contributed by atoms with Gasteiger partial charge in [0.2, 0.25) is 0 Å². The quantitative estimate of drug-likeness (QED) is 0.581. The Morgan fingerprint density at radius 3 is 2.60 bits per heavy atom. The van der Waals surface area contributed by atoms with Crippen LogP contribution in [0.2, 0.25) is 0 Å². The van der Waals surface area contributed by atoms with Gasteiger partial charge in [-0.25, -0.2) is 0 Å². The molecule has 0 aliphatic heterocycles. The number of alkyl halides is 1. The van der Waals surface area contributed by atoms with Crippen molar-refractivity contribution in [2.24, 2.45) is 0 Å². The van der Waals surface area contributed by atoms with Gasteiger partial charge in [0.25, 0.3) is 0 Å². The van der Waals surface area contributed by atoms with E-state index in [4.69, 9.17) is 0 Å². The van der Waals surface area contributed by atoms with E-state index in [0.29, 0.717) is 0 Å². The van der Waals surface area contributed by atoms with Crippen LogP contribution in [0.25, 0.3) is 0 Å². The molecule has 0 bridgehead atoms. The third-order valence-corrected chi connectivity index (χ3v) is 2.77. The molecule has 0 saturated heterocycles. The summed E-state index contributed by atoms with van der Waals surface area (Å²) in [5.41, 5.74) is 1.43. The van der Waals surface area contributed by atoms with Crippen molar-refractivity contribution in [1.82, 2.24) is 0 Å². The van der Waals surface area contributed by atoms with Crippen molar-refractivity contribution in [3.05, 3.63) is 33.4 Å². The zero-order chi connectivity index (χ0) is 7.40. The molecule has 0 radical (unpaired) electrons. The van der Waals surface area contributed by atoms with E-state index in [2.05, 4.69) is 62.8 Å². The molecule has 0 atom stereocenters. The molecule has 10 heavy (non-hydrogen) atoms. The first kappa shape index (κ1) is 8.53. The number of benzene rings is 1. The molecule has 0 heterocycles. The zero-order valence-corrected chi connectivity index (χ0v) is 9.22. The van der Waals surface area contributed by atoms with Gasteiger partial charge in [0.15, 0.2) is 0 Å². The average Bonchev–Trinajstić information content (AvgIpc) is 1.94. The fourth-order valence-corrected chi connectivity index (χ4v) is 1.89. The maximum absolute atomic E-state index is 3.42. The van der Waals surface area contributed by atoms with Crippen LogP contribution in [-0.4, -0.2) is 5.33 Å². The summed E-state index contributed by atoms with van der Waals surface area (Å²) in [6, 6.07) is 8.46. The van der Waals surface area contributed by atoms with Crippen LogP contribution in [0.15, 0.2) is 24.3 Å². The van der Waals surface area contributed by atoms with Crippen molar-refractivity contribution >= 4 is 38.5 Å². The van der Waals surface area contributed by atoms with Gasteiger partial charge in [-0.15, -0.1) is 0 Å². The summed E-state index contributed by atoms with van der Waals surface area (Å²) in [7, 11) is 0. The van der Waals surface area contributed by atoms with Crippen LogP contribution in [0.5, 0.6) is 0 Å². The van der Waals surface area contributed by atoms with E-state index in [1.807, 2.05) is 0 Å². The highest BCUT2D eigenvalue weighted by Crippen LogP contribution is 2.12. The fraction of sp³-hybridized carbons (Fsp3) is 0.250. The van der Waals surface area contributed by atoms with E-state index in [0.717, 1.165) is 11.8 Å². The molecule has 0 spiro atoms. The van der Waals surface area contributed by atoms with Crippen LogP contribution in [0.4, 0.5) is 0 Å². The second kappa shape index (κ2) is 4.34. The van der Waals surface area contributed by atoms with Gasteiger partial charge in [-0.2, -0.15) is 0 Å². The van der Waals surface area contributed by atoms with Crippen LogP contribution < -0.4 is 0 Å². The molecular formula is C8H8BrI. The lowest BCUT2D eigenvalue weighted by Crippen LogP contribution is -1.88. The van der Waals surface area contributed by atoms with Crippen LogP contribution in [-0.2, 0) is 6.42 Å². The Morgan fingerprint density at radius 1 is 1.30 bits per heavy atom. The Labute approximate surface area is 83.3 Å². The van der Waals surface area contributed by atoms with Crippen LogP contribution >= 0.6 is 38.5 Å². The smallest absolute Gasteiger partial charge is 0.0162 e. The molecule has 54 valence electrons. The summed E-state index contributed by atoms with van der Waals surface area (Å²) in [5, 5.41) is 1.05. The minimum Gasteiger partial charge on any atom is -0.0924 e. The first-order valence-corrected chi connectivity index (χ1v) is 5.34. The Morgan fingerprint density at radius 2 is 2.00 bits per heavy atom. The average molecular weight is 311 g/mol. The summed E-state index contributed by atoms with van der Waals surface area (Å²) in [6.07, 6.45) is 1.12. The van der Waals surface area contributed by atoms with Gasteiger partial charge in [0, 0.05) is 8.90 Å². The number of aryl methyl sites for hydroxylation is 1. The fourth-order valence-electron chi connectivity index (χ4n) is 0.803. The molecule has 0 unspecified atom stereocenters. The third kappa shape index (κ3) is 2.23. The second-order valence-corrected chi connectivity index (χ2v) is 3.99. The molecule has 0 aliphatic carbocycles.